The second-order valence-corrected chi connectivity index (χ2v) is 7.30. The van der Waals surface area contributed by atoms with Crippen molar-refractivity contribution in [1.29, 1.82) is 5.26 Å². The third-order valence-corrected chi connectivity index (χ3v) is 4.87. The lowest BCUT2D eigenvalue weighted by Gasteiger charge is -2.10. The maximum absolute atomic E-state index is 10.8. The Morgan fingerprint density at radius 3 is 2.55 bits per heavy atom. The number of nitrogens with zero attached hydrogens (tertiary/aromatic N) is 2. The fourth-order valence-corrected chi connectivity index (χ4v) is 3.31. The van der Waals surface area contributed by atoms with Crippen LogP contribution in [0, 0.1) is 28.4 Å². The van der Waals surface area contributed by atoms with Crippen LogP contribution in [0.4, 0.5) is 5.69 Å². The van der Waals surface area contributed by atoms with E-state index >= 15 is 0 Å². The molecule has 6 heteroatoms. The molecule has 0 fully saturated rings. The van der Waals surface area contributed by atoms with Crippen molar-refractivity contribution in [3.8, 4) is 11.8 Å². The van der Waals surface area contributed by atoms with Gasteiger partial charge in [-0.25, -0.2) is 0 Å². The summed E-state index contributed by atoms with van der Waals surface area (Å²) in [4.78, 5) is 10.3. The molecular formula is C23H17BrN2O3. The van der Waals surface area contributed by atoms with Crippen molar-refractivity contribution in [3.63, 3.8) is 0 Å². The summed E-state index contributed by atoms with van der Waals surface area (Å²) >= 11 is 3.52. The average Bonchev–Trinajstić information content (AvgIpc) is 2.71. The Morgan fingerprint density at radius 2 is 1.93 bits per heavy atom. The van der Waals surface area contributed by atoms with E-state index in [9.17, 15) is 15.4 Å². The van der Waals surface area contributed by atoms with E-state index in [4.69, 9.17) is 4.74 Å². The molecule has 0 aliphatic carbocycles. The monoisotopic (exact) mass is 448 g/mol. The first-order valence-electron chi connectivity index (χ1n) is 8.81. The Balaban J connectivity index is 1.77. The molecule has 3 aromatic rings. The van der Waals surface area contributed by atoms with Crippen LogP contribution in [-0.2, 0) is 6.61 Å². The third kappa shape index (κ3) is 5.31. The van der Waals surface area contributed by atoms with Gasteiger partial charge in [0, 0.05) is 12.1 Å². The lowest BCUT2D eigenvalue weighted by atomic mass is 10.0. The summed E-state index contributed by atoms with van der Waals surface area (Å²) in [5.41, 5.74) is 4.11. The molecule has 0 heterocycles. The van der Waals surface area contributed by atoms with Crippen molar-refractivity contribution < 1.29 is 9.66 Å². The van der Waals surface area contributed by atoms with Crippen molar-refractivity contribution in [3.05, 3.63) is 104 Å². The van der Waals surface area contributed by atoms with Gasteiger partial charge in [-0.3, -0.25) is 10.1 Å². The molecular weight excluding hydrogens is 432 g/mol. The molecule has 0 atom stereocenters. The van der Waals surface area contributed by atoms with Gasteiger partial charge in [-0.1, -0.05) is 35.9 Å². The number of non-ortho nitro benzene ring substituents is 1. The summed E-state index contributed by atoms with van der Waals surface area (Å²) in [5, 5.41) is 20.3. The van der Waals surface area contributed by atoms with Crippen LogP contribution >= 0.6 is 15.9 Å². The zero-order valence-corrected chi connectivity index (χ0v) is 17.2. The maximum Gasteiger partial charge on any atom is 0.269 e. The Labute approximate surface area is 177 Å². The lowest BCUT2D eigenvalue weighted by molar-refractivity contribution is -0.384. The maximum atomic E-state index is 10.8. The van der Waals surface area contributed by atoms with Crippen molar-refractivity contribution in [2.75, 3.05) is 0 Å². The van der Waals surface area contributed by atoms with Gasteiger partial charge in [0.15, 0.2) is 0 Å². The third-order valence-electron chi connectivity index (χ3n) is 4.25. The van der Waals surface area contributed by atoms with E-state index in [0.29, 0.717) is 23.5 Å². The van der Waals surface area contributed by atoms with Gasteiger partial charge in [0.05, 0.1) is 21.0 Å². The Morgan fingerprint density at radius 1 is 1.17 bits per heavy atom. The van der Waals surface area contributed by atoms with Gasteiger partial charge < -0.3 is 4.74 Å². The first-order valence-corrected chi connectivity index (χ1v) is 9.60. The number of nitro benzene ring substituents is 1. The molecule has 0 aliphatic heterocycles. The summed E-state index contributed by atoms with van der Waals surface area (Å²) in [5.74, 6) is 0.706. The van der Waals surface area contributed by atoms with E-state index in [1.165, 1.54) is 17.7 Å². The molecule has 0 saturated carbocycles. The smallest absolute Gasteiger partial charge is 0.269 e. The van der Waals surface area contributed by atoms with E-state index < -0.39 is 4.92 Å². The van der Waals surface area contributed by atoms with Crippen LogP contribution in [-0.4, -0.2) is 4.92 Å². The van der Waals surface area contributed by atoms with Gasteiger partial charge in [0.1, 0.15) is 12.4 Å². The van der Waals surface area contributed by atoms with Crippen molar-refractivity contribution >= 4 is 33.3 Å². The van der Waals surface area contributed by atoms with Crippen molar-refractivity contribution in [2.24, 2.45) is 0 Å². The molecule has 3 aromatic carbocycles. The lowest BCUT2D eigenvalue weighted by Crippen LogP contribution is -1.96. The molecule has 0 spiro atoms. The van der Waals surface area contributed by atoms with Gasteiger partial charge in [0.25, 0.3) is 5.69 Å². The summed E-state index contributed by atoms with van der Waals surface area (Å²) in [7, 11) is 0. The fourth-order valence-electron chi connectivity index (χ4n) is 2.80. The Kier molecular flexibility index (Phi) is 6.43. The number of hydrogen-bond donors (Lipinski definition) is 0. The quantitative estimate of drug-likeness (QED) is 0.191. The van der Waals surface area contributed by atoms with Gasteiger partial charge >= 0.3 is 0 Å². The minimum Gasteiger partial charge on any atom is -0.488 e. The number of benzene rings is 3. The minimum atomic E-state index is -0.466. The van der Waals surface area contributed by atoms with Crippen molar-refractivity contribution in [1.82, 2.24) is 0 Å². The van der Waals surface area contributed by atoms with Crippen LogP contribution in [0.15, 0.2) is 71.2 Å². The molecule has 0 radical (unpaired) electrons. The molecule has 0 saturated heterocycles. The zero-order valence-electron chi connectivity index (χ0n) is 15.6. The normalized spacial score (nSPS) is 11.0. The largest absolute Gasteiger partial charge is 0.488 e. The number of allylic oxidation sites excluding steroid dienone is 1. The second kappa shape index (κ2) is 9.18. The predicted octanol–water partition coefficient (Wildman–Crippen LogP) is 6.31. The number of rotatable bonds is 6. The molecule has 0 N–H and O–H groups in total. The van der Waals surface area contributed by atoms with Gasteiger partial charge in [-0.05, 0) is 69.9 Å². The molecule has 0 aliphatic rings. The highest BCUT2D eigenvalue weighted by atomic mass is 79.9. The second-order valence-electron chi connectivity index (χ2n) is 6.44. The zero-order chi connectivity index (χ0) is 20.8. The standard InChI is InChI=1S/C23H17BrN2O3/c1-16-3-2-4-18(11-16)15-29-23-10-5-17(13-22(23)24)12-20(14-25)19-6-8-21(9-7-19)26(27)28/h2-13H,15H2,1H3/b20-12-. The number of nitriles is 1. The van der Waals surface area contributed by atoms with E-state index in [-0.39, 0.29) is 5.69 Å². The van der Waals surface area contributed by atoms with E-state index in [1.807, 2.05) is 43.3 Å². The van der Waals surface area contributed by atoms with Gasteiger partial charge in [0.2, 0.25) is 0 Å². The highest BCUT2D eigenvalue weighted by Crippen LogP contribution is 2.29. The van der Waals surface area contributed by atoms with Crippen molar-refractivity contribution in [2.45, 2.75) is 13.5 Å². The molecule has 144 valence electrons. The number of aryl methyl sites for hydroxylation is 1. The number of ether oxygens (including phenoxy) is 1. The Bertz CT molecular complexity index is 1120. The van der Waals surface area contributed by atoms with Gasteiger partial charge in [-0.15, -0.1) is 0 Å². The molecule has 29 heavy (non-hydrogen) atoms. The first-order chi connectivity index (χ1) is 14.0. The Hall–Kier alpha value is -3.43. The highest BCUT2D eigenvalue weighted by molar-refractivity contribution is 9.10. The van der Waals surface area contributed by atoms with Crippen LogP contribution in [0.25, 0.3) is 11.6 Å². The molecule has 0 amide bonds. The summed E-state index contributed by atoms with van der Waals surface area (Å²) in [6, 6.07) is 21.8. The molecule has 0 unspecified atom stereocenters. The topological polar surface area (TPSA) is 76.2 Å². The number of halogens is 1. The molecule has 0 bridgehead atoms. The van der Waals surface area contributed by atoms with E-state index in [2.05, 4.69) is 28.1 Å². The summed E-state index contributed by atoms with van der Waals surface area (Å²) in [6.07, 6.45) is 1.73. The predicted molar refractivity (Wildman–Crippen MR) is 116 cm³/mol. The summed E-state index contributed by atoms with van der Waals surface area (Å²) in [6.45, 7) is 2.50. The molecule has 0 aromatic heterocycles. The molecule has 3 rings (SSSR count). The van der Waals surface area contributed by atoms with E-state index in [1.54, 1.807) is 18.2 Å². The van der Waals surface area contributed by atoms with Crippen LogP contribution in [0.1, 0.15) is 22.3 Å². The SMILES string of the molecule is Cc1cccc(COc2ccc(/C=C(/C#N)c3ccc([N+](=O)[O-])cc3)cc2Br)c1. The number of hydrogen-bond acceptors (Lipinski definition) is 4. The van der Waals surface area contributed by atoms with Crippen LogP contribution in [0.3, 0.4) is 0 Å². The first kappa shape index (κ1) is 20.3. The van der Waals surface area contributed by atoms with Gasteiger partial charge in [-0.2, -0.15) is 5.26 Å². The van der Waals surface area contributed by atoms with Crippen LogP contribution in [0.5, 0.6) is 5.75 Å². The summed E-state index contributed by atoms with van der Waals surface area (Å²) < 4.78 is 6.67. The van der Waals surface area contributed by atoms with Crippen LogP contribution in [0.2, 0.25) is 0 Å². The number of nitro groups is 1. The fraction of sp³-hybridized carbons (Fsp3) is 0.0870. The van der Waals surface area contributed by atoms with E-state index in [0.717, 1.165) is 15.6 Å². The molecule has 5 nitrogen and oxygen atoms in total. The average molecular weight is 449 g/mol. The van der Waals surface area contributed by atoms with Crippen LogP contribution < -0.4 is 4.74 Å². The minimum absolute atomic E-state index is 0.0103. The highest BCUT2D eigenvalue weighted by Gasteiger charge is 2.08.